The van der Waals surface area contributed by atoms with Gasteiger partial charge in [0.25, 0.3) is 0 Å². The normalized spacial score (nSPS) is 14.5. The first-order chi connectivity index (χ1) is 15.9. The van der Waals surface area contributed by atoms with Crippen LogP contribution in [0.2, 0.25) is 0 Å². The van der Waals surface area contributed by atoms with E-state index in [1.165, 1.54) is 18.7 Å². The van der Waals surface area contributed by atoms with Gasteiger partial charge in [0.05, 0.1) is 24.8 Å². The average Bonchev–Trinajstić information content (AvgIpc) is 3.58. The van der Waals surface area contributed by atoms with Crippen LogP contribution in [0.15, 0.2) is 24.9 Å². The van der Waals surface area contributed by atoms with Gasteiger partial charge in [0, 0.05) is 31.0 Å². The number of likely N-dealkylation sites (tertiary alicyclic amines) is 1. The van der Waals surface area contributed by atoms with Crippen molar-refractivity contribution in [2.45, 2.75) is 25.6 Å². The number of ether oxygens (including phenoxy) is 1. The number of imidazole rings is 2. The highest BCUT2D eigenvalue weighted by Gasteiger charge is 2.36. The molecular formula is C19H18F3N9O2. The summed E-state index contributed by atoms with van der Waals surface area (Å²) in [6.45, 7) is 1.58. The van der Waals surface area contributed by atoms with Gasteiger partial charge in [-0.25, -0.2) is 19.9 Å². The highest BCUT2D eigenvalue weighted by molar-refractivity contribution is 5.78. The molecule has 0 aliphatic carbocycles. The second kappa shape index (κ2) is 8.27. The summed E-state index contributed by atoms with van der Waals surface area (Å²) in [5.74, 6) is -1.29. The molecule has 2 N–H and O–H groups in total. The van der Waals surface area contributed by atoms with E-state index in [-0.39, 0.29) is 36.4 Å². The van der Waals surface area contributed by atoms with E-state index >= 15 is 0 Å². The number of hydrogen-bond donors (Lipinski definition) is 2. The van der Waals surface area contributed by atoms with E-state index in [9.17, 15) is 18.0 Å². The highest BCUT2D eigenvalue weighted by Crippen LogP contribution is 2.32. The topological polar surface area (TPSA) is 130 Å². The molecule has 4 aromatic rings. The molecule has 0 saturated carbocycles. The summed E-state index contributed by atoms with van der Waals surface area (Å²) < 4.78 is 46.1. The van der Waals surface area contributed by atoms with Crippen LogP contribution in [0.1, 0.15) is 24.2 Å². The maximum Gasteiger partial charge on any atom is 0.451 e. The molecule has 0 radical (unpaired) electrons. The number of nitrogens with zero attached hydrogens (tertiary/aromatic N) is 7. The summed E-state index contributed by atoms with van der Waals surface area (Å²) in [6, 6.07) is 0. The van der Waals surface area contributed by atoms with Crippen molar-refractivity contribution in [3.8, 4) is 22.9 Å². The van der Waals surface area contributed by atoms with E-state index in [1.807, 2.05) is 5.10 Å². The van der Waals surface area contributed by atoms with Gasteiger partial charge in [-0.3, -0.25) is 14.3 Å². The zero-order valence-corrected chi connectivity index (χ0v) is 17.1. The lowest BCUT2D eigenvalue weighted by Gasteiger charge is -2.15. The van der Waals surface area contributed by atoms with Crippen LogP contribution in [-0.4, -0.2) is 70.0 Å². The van der Waals surface area contributed by atoms with Crippen molar-refractivity contribution in [3.05, 3.63) is 36.3 Å². The number of halogens is 3. The van der Waals surface area contributed by atoms with Crippen LogP contribution in [-0.2, 0) is 22.3 Å². The zero-order valence-electron chi connectivity index (χ0n) is 17.1. The van der Waals surface area contributed by atoms with Gasteiger partial charge in [-0.15, -0.1) is 0 Å². The second-order valence-corrected chi connectivity index (χ2v) is 7.49. The maximum absolute atomic E-state index is 13.0. The number of aromatic nitrogens is 8. The molecule has 4 aromatic heterocycles. The van der Waals surface area contributed by atoms with E-state index in [1.54, 1.807) is 15.5 Å². The van der Waals surface area contributed by atoms with Gasteiger partial charge in [0.1, 0.15) is 18.0 Å². The van der Waals surface area contributed by atoms with Crippen molar-refractivity contribution in [2.24, 2.45) is 0 Å². The van der Waals surface area contributed by atoms with Gasteiger partial charge >= 0.3 is 6.18 Å². The first-order valence-corrected chi connectivity index (χ1v) is 10.1. The Kier molecular flexibility index (Phi) is 5.28. The molecule has 14 heteroatoms. The summed E-state index contributed by atoms with van der Waals surface area (Å²) in [6.07, 6.45) is 3.48. The molecule has 172 valence electrons. The summed E-state index contributed by atoms with van der Waals surface area (Å²) in [7, 11) is 0. The Morgan fingerprint density at radius 2 is 2.00 bits per heavy atom. The van der Waals surface area contributed by atoms with Crippen LogP contribution in [0.3, 0.4) is 0 Å². The molecule has 1 aliphatic heterocycles. The minimum absolute atomic E-state index is 0.0436. The van der Waals surface area contributed by atoms with Crippen molar-refractivity contribution in [1.82, 2.24) is 44.4 Å². The Morgan fingerprint density at radius 3 is 2.70 bits per heavy atom. The lowest BCUT2D eigenvalue weighted by molar-refractivity contribution is -0.144. The molecule has 1 saturated heterocycles. The largest absolute Gasteiger partial charge is 0.451 e. The van der Waals surface area contributed by atoms with Crippen LogP contribution < -0.4 is 0 Å². The van der Waals surface area contributed by atoms with Crippen LogP contribution in [0.4, 0.5) is 13.2 Å². The SMILES string of the molecule is O=C(COCc1cnc2nc(-c3n[nH]c(C(F)(F)F)n3)c(-c3cnc[nH]3)n2c1)N1CCCC1. The Hall–Kier alpha value is -3.81. The smallest absolute Gasteiger partial charge is 0.367 e. The fourth-order valence-electron chi connectivity index (χ4n) is 3.66. The number of nitrogens with one attached hydrogen (secondary N) is 2. The molecular weight excluding hydrogens is 443 g/mol. The standard InChI is InChI=1S/C19H18F3N9O2/c20-19(21,22)17-27-16(28-29-17)14-15(12-6-23-10-25-12)31-7-11(5-24-18(31)26-14)8-33-9-13(32)30-3-1-2-4-30/h5-7,10H,1-4,8-9H2,(H,23,25)(H,27,28,29). The minimum Gasteiger partial charge on any atom is -0.367 e. The number of fused-ring (bicyclic) bond motifs is 1. The average molecular weight is 461 g/mol. The zero-order chi connectivity index (χ0) is 23.0. The molecule has 5 heterocycles. The van der Waals surface area contributed by atoms with Gasteiger partial charge < -0.3 is 14.6 Å². The predicted octanol–water partition coefficient (Wildman–Crippen LogP) is 2.06. The van der Waals surface area contributed by atoms with Crippen molar-refractivity contribution in [2.75, 3.05) is 19.7 Å². The molecule has 0 bridgehead atoms. The minimum atomic E-state index is -4.67. The number of hydrogen-bond acceptors (Lipinski definition) is 7. The molecule has 33 heavy (non-hydrogen) atoms. The Morgan fingerprint density at radius 1 is 1.18 bits per heavy atom. The van der Waals surface area contributed by atoms with Gasteiger partial charge in [-0.1, -0.05) is 0 Å². The second-order valence-electron chi connectivity index (χ2n) is 7.49. The Labute approximate surface area is 184 Å². The lowest BCUT2D eigenvalue weighted by atomic mass is 10.2. The summed E-state index contributed by atoms with van der Waals surface area (Å²) in [4.78, 5) is 33.0. The molecule has 0 spiro atoms. The van der Waals surface area contributed by atoms with Crippen molar-refractivity contribution in [3.63, 3.8) is 0 Å². The van der Waals surface area contributed by atoms with E-state index in [4.69, 9.17) is 4.74 Å². The molecule has 1 fully saturated rings. The molecule has 11 nitrogen and oxygen atoms in total. The fourth-order valence-corrected chi connectivity index (χ4v) is 3.66. The Bertz CT molecular complexity index is 1270. The maximum atomic E-state index is 13.0. The first-order valence-electron chi connectivity index (χ1n) is 10.1. The van der Waals surface area contributed by atoms with Gasteiger partial charge in [-0.2, -0.15) is 18.3 Å². The summed E-state index contributed by atoms with van der Waals surface area (Å²) in [5, 5.41) is 5.58. The number of rotatable bonds is 6. The van der Waals surface area contributed by atoms with Crippen molar-refractivity contribution >= 4 is 11.7 Å². The van der Waals surface area contributed by atoms with Crippen molar-refractivity contribution < 1.29 is 22.7 Å². The summed E-state index contributed by atoms with van der Waals surface area (Å²) in [5.41, 5.74) is 1.62. The fraction of sp³-hybridized carbons (Fsp3) is 0.368. The van der Waals surface area contributed by atoms with Crippen LogP contribution in [0.25, 0.3) is 28.7 Å². The van der Waals surface area contributed by atoms with Crippen LogP contribution >= 0.6 is 0 Å². The summed E-state index contributed by atoms with van der Waals surface area (Å²) >= 11 is 0. The molecule has 1 amide bonds. The van der Waals surface area contributed by atoms with Gasteiger partial charge in [0.2, 0.25) is 23.3 Å². The lowest BCUT2D eigenvalue weighted by Crippen LogP contribution is -2.31. The number of carbonyl (C=O) groups is 1. The number of H-pyrrole nitrogens is 2. The van der Waals surface area contributed by atoms with Crippen molar-refractivity contribution in [1.29, 1.82) is 0 Å². The third-order valence-corrected chi connectivity index (χ3v) is 5.21. The Balaban J connectivity index is 1.45. The molecule has 1 aliphatic rings. The van der Waals surface area contributed by atoms with E-state index in [2.05, 4.69) is 30.0 Å². The number of amides is 1. The number of carbonyl (C=O) groups excluding carboxylic acids is 1. The van der Waals surface area contributed by atoms with E-state index < -0.39 is 12.0 Å². The first kappa shape index (κ1) is 21.1. The van der Waals surface area contributed by atoms with Crippen LogP contribution in [0.5, 0.6) is 0 Å². The highest BCUT2D eigenvalue weighted by atomic mass is 19.4. The molecule has 0 aromatic carbocycles. The van der Waals surface area contributed by atoms with Gasteiger partial charge in [0.15, 0.2) is 0 Å². The number of aromatic amines is 2. The number of alkyl halides is 3. The van der Waals surface area contributed by atoms with Gasteiger partial charge in [-0.05, 0) is 12.8 Å². The molecule has 0 atom stereocenters. The predicted molar refractivity (Wildman–Crippen MR) is 106 cm³/mol. The third kappa shape index (κ3) is 4.16. The monoisotopic (exact) mass is 461 g/mol. The quantitative estimate of drug-likeness (QED) is 0.450. The van der Waals surface area contributed by atoms with E-state index in [0.717, 1.165) is 25.9 Å². The van der Waals surface area contributed by atoms with Crippen LogP contribution in [0, 0.1) is 0 Å². The third-order valence-electron chi connectivity index (χ3n) is 5.21. The molecule has 5 rings (SSSR count). The molecule has 0 unspecified atom stereocenters. The van der Waals surface area contributed by atoms with E-state index in [0.29, 0.717) is 17.0 Å².